The van der Waals surface area contributed by atoms with Crippen molar-refractivity contribution in [1.82, 2.24) is 10.3 Å². The van der Waals surface area contributed by atoms with Gasteiger partial charge in [0.25, 0.3) is 0 Å². The maximum atomic E-state index is 13.9. The van der Waals surface area contributed by atoms with Gasteiger partial charge in [-0.05, 0) is 45.4 Å². The van der Waals surface area contributed by atoms with Crippen LogP contribution in [0.3, 0.4) is 0 Å². The second-order valence-electron chi connectivity index (χ2n) is 5.81. The largest absolute Gasteiger partial charge is 0.306 e. The molecule has 0 radical (unpaired) electrons. The van der Waals surface area contributed by atoms with Crippen LogP contribution in [0.4, 0.5) is 8.78 Å². The van der Waals surface area contributed by atoms with Gasteiger partial charge in [0.1, 0.15) is 16.6 Å². The van der Waals surface area contributed by atoms with Crippen LogP contribution in [-0.2, 0) is 6.54 Å². The van der Waals surface area contributed by atoms with Crippen LogP contribution in [-0.4, -0.2) is 10.5 Å². The first-order valence-electron chi connectivity index (χ1n) is 6.42. The van der Waals surface area contributed by atoms with Gasteiger partial charge in [-0.15, -0.1) is 11.3 Å². The summed E-state index contributed by atoms with van der Waals surface area (Å²) < 4.78 is 27.4. The average Bonchev–Trinajstić information content (AvgIpc) is 2.79. The molecule has 0 unspecified atom stereocenters. The Balaban J connectivity index is 2.23. The fourth-order valence-electron chi connectivity index (χ4n) is 1.70. The number of nitrogens with one attached hydrogen (secondary N) is 1. The summed E-state index contributed by atoms with van der Waals surface area (Å²) in [7, 11) is 0. The summed E-state index contributed by atoms with van der Waals surface area (Å²) >= 11 is 1.44. The van der Waals surface area contributed by atoms with E-state index in [4.69, 9.17) is 0 Å². The molecular weight excluding hydrogens is 278 g/mol. The summed E-state index contributed by atoms with van der Waals surface area (Å²) in [5.41, 5.74) is 0.993. The molecule has 0 saturated carbocycles. The third-order valence-electron chi connectivity index (χ3n) is 2.85. The van der Waals surface area contributed by atoms with Crippen LogP contribution in [0.15, 0.2) is 17.5 Å². The van der Waals surface area contributed by atoms with E-state index in [1.54, 1.807) is 12.3 Å². The molecule has 1 aromatic heterocycles. The molecule has 0 spiro atoms. The lowest BCUT2D eigenvalue weighted by Crippen LogP contribution is -2.34. The first-order valence-corrected chi connectivity index (χ1v) is 7.30. The van der Waals surface area contributed by atoms with Gasteiger partial charge in [-0.2, -0.15) is 0 Å². The van der Waals surface area contributed by atoms with Crippen molar-refractivity contribution in [3.05, 3.63) is 39.7 Å². The predicted octanol–water partition coefficient (Wildman–Crippen LogP) is 4.28. The summed E-state index contributed by atoms with van der Waals surface area (Å²) in [6.45, 7) is 8.36. The number of hydrogen-bond acceptors (Lipinski definition) is 3. The molecule has 20 heavy (non-hydrogen) atoms. The van der Waals surface area contributed by atoms with Crippen LogP contribution in [0, 0.1) is 18.6 Å². The Morgan fingerprint density at radius 1 is 1.20 bits per heavy atom. The minimum absolute atomic E-state index is 0.00689. The number of aromatic nitrogens is 1. The summed E-state index contributed by atoms with van der Waals surface area (Å²) in [5, 5.41) is 5.93. The molecule has 0 aliphatic carbocycles. The minimum atomic E-state index is -0.440. The Morgan fingerprint density at radius 3 is 2.55 bits per heavy atom. The van der Waals surface area contributed by atoms with Crippen LogP contribution in [0.1, 0.15) is 31.3 Å². The van der Waals surface area contributed by atoms with Crippen molar-refractivity contribution >= 4 is 11.3 Å². The summed E-state index contributed by atoms with van der Waals surface area (Å²) in [5.74, 6) is -0.853. The Hall–Kier alpha value is -1.33. The number of hydrogen-bond donors (Lipinski definition) is 1. The van der Waals surface area contributed by atoms with Crippen molar-refractivity contribution in [2.24, 2.45) is 0 Å². The SMILES string of the molecule is Cc1cc(F)c(-c2csc(CNC(C)(C)C)n2)cc1F. The molecule has 1 aromatic carbocycles. The van der Waals surface area contributed by atoms with Gasteiger partial charge in [-0.25, -0.2) is 13.8 Å². The molecule has 1 N–H and O–H groups in total. The van der Waals surface area contributed by atoms with E-state index >= 15 is 0 Å². The highest BCUT2D eigenvalue weighted by Crippen LogP contribution is 2.27. The lowest BCUT2D eigenvalue weighted by Gasteiger charge is -2.19. The van der Waals surface area contributed by atoms with Crippen LogP contribution in [0.5, 0.6) is 0 Å². The van der Waals surface area contributed by atoms with E-state index in [0.717, 1.165) is 5.01 Å². The number of nitrogens with zero attached hydrogens (tertiary/aromatic N) is 1. The molecule has 0 atom stereocenters. The molecule has 0 aliphatic heterocycles. The first kappa shape index (κ1) is 15.1. The van der Waals surface area contributed by atoms with Crippen LogP contribution < -0.4 is 5.32 Å². The zero-order valence-corrected chi connectivity index (χ0v) is 12.9. The Kier molecular flexibility index (Phi) is 4.20. The van der Waals surface area contributed by atoms with E-state index in [1.807, 2.05) is 0 Å². The van der Waals surface area contributed by atoms with E-state index in [2.05, 4.69) is 31.1 Å². The maximum absolute atomic E-state index is 13.9. The van der Waals surface area contributed by atoms with Crippen molar-refractivity contribution in [1.29, 1.82) is 0 Å². The molecule has 2 aromatic rings. The van der Waals surface area contributed by atoms with Gasteiger partial charge in [0.05, 0.1) is 5.69 Å². The third-order valence-corrected chi connectivity index (χ3v) is 3.69. The Labute approximate surface area is 121 Å². The van der Waals surface area contributed by atoms with E-state index in [0.29, 0.717) is 17.8 Å². The van der Waals surface area contributed by atoms with Crippen LogP contribution >= 0.6 is 11.3 Å². The third kappa shape index (κ3) is 3.61. The quantitative estimate of drug-likeness (QED) is 0.914. The van der Waals surface area contributed by atoms with E-state index < -0.39 is 11.6 Å². The van der Waals surface area contributed by atoms with Crippen molar-refractivity contribution in [3.63, 3.8) is 0 Å². The van der Waals surface area contributed by atoms with Crippen molar-refractivity contribution in [3.8, 4) is 11.3 Å². The molecule has 2 rings (SSSR count). The second-order valence-corrected chi connectivity index (χ2v) is 6.75. The molecule has 1 heterocycles. The molecule has 0 amide bonds. The van der Waals surface area contributed by atoms with Gasteiger partial charge in [0.2, 0.25) is 0 Å². The molecular formula is C15H18F2N2S. The highest BCUT2D eigenvalue weighted by molar-refractivity contribution is 7.09. The monoisotopic (exact) mass is 296 g/mol. The zero-order chi connectivity index (χ0) is 14.9. The van der Waals surface area contributed by atoms with Crippen molar-refractivity contribution in [2.45, 2.75) is 39.8 Å². The van der Waals surface area contributed by atoms with Crippen LogP contribution in [0.2, 0.25) is 0 Å². The summed E-state index contributed by atoms with van der Waals surface area (Å²) in [6.07, 6.45) is 0. The molecule has 108 valence electrons. The molecule has 5 heteroatoms. The van der Waals surface area contributed by atoms with Crippen LogP contribution in [0.25, 0.3) is 11.3 Å². The lowest BCUT2D eigenvalue weighted by molar-refractivity contribution is 0.424. The van der Waals surface area contributed by atoms with Gasteiger partial charge in [0.15, 0.2) is 0 Å². The number of benzene rings is 1. The highest BCUT2D eigenvalue weighted by Gasteiger charge is 2.14. The van der Waals surface area contributed by atoms with Gasteiger partial charge in [-0.1, -0.05) is 0 Å². The number of rotatable bonds is 3. The standard InChI is InChI=1S/C15H18F2N2S/c1-9-5-12(17)10(6-11(9)16)13-8-20-14(19-13)7-18-15(2,3)4/h5-6,8,18H,7H2,1-4H3. The van der Waals surface area contributed by atoms with Crippen molar-refractivity contribution < 1.29 is 8.78 Å². The summed E-state index contributed by atoms with van der Waals surface area (Å²) in [4.78, 5) is 4.36. The molecule has 0 bridgehead atoms. The lowest BCUT2D eigenvalue weighted by atomic mass is 10.1. The van der Waals surface area contributed by atoms with Gasteiger partial charge in [-0.3, -0.25) is 0 Å². The normalized spacial score (nSPS) is 11.9. The Bertz CT molecular complexity index is 615. The van der Waals surface area contributed by atoms with E-state index in [1.165, 1.54) is 23.5 Å². The second kappa shape index (κ2) is 5.58. The minimum Gasteiger partial charge on any atom is -0.306 e. The molecule has 2 nitrogen and oxygen atoms in total. The number of halogens is 2. The fraction of sp³-hybridized carbons (Fsp3) is 0.400. The molecule has 0 saturated heterocycles. The fourth-order valence-corrected chi connectivity index (χ4v) is 2.43. The topological polar surface area (TPSA) is 24.9 Å². The molecule has 0 fully saturated rings. The van der Waals surface area contributed by atoms with Gasteiger partial charge in [0, 0.05) is 23.0 Å². The smallest absolute Gasteiger partial charge is 0.133 e. The van der Waals surface area contributed by atoms with Gasteiger partial charge >= 0.3 is 0 Å². The Morgan fingerprint density at radius 2 is 1.90 bits per heavy atom. The zero-order valence-electron chi connectivity index (χ0n) is 12.1. The predicted molar refractivity (Wildman–Crippen MR) is 78.8 cm³/mol. The average molecular weight is 296 g/mol. The highest BCUT2D eigenvalue weighted by atomic mass is 32.1. The van der Waals surface area contributed by atoms with E-state index in [-0.39, 0.29) is 11.1 Å². The summed E-state index contributed by atoms with van der Waals surface area (Å²) in [6, 6.07) is 2.41. The molecule has 0 aliphatic rings. The van der Waals surface area contributed by atoms with Gasteiger partial charge < -0.3 is 5.32 Å². The number of thiazole rings is 1. The maximum Gasteiger partial charge on any atom is 0.133 e. The van der Waals surface area contributed by atoms with E-state index in [9.17, 15) is 8.78 Å². The first-order chi connectivity index (χ1) is 9.26. The number of aryl methyl sites for hydroxylation is 1. The van der Waals surface area contributed by atoms with Crippen molar-refractivity contribution in [2.75, 3.05) is 0 Å².